The van der Waals surface area contributed by atoms with E-state index in [-0.39, 0.29) is 0 Å². The molecule has 5 nitrogen and oxygen atoms in total. The fourth-order valence-corrected chi connectivity index (χ4v) is 1.69. The Morgan fingerprint density at radius 3 is 2.90 bits per heavy atom. The van der Waals surface area contributed by atoms with Crippen LogP contribution in [0.15, 0.2) is 24.3 Å². The second-order valence-electron chi connectivity index (χ2n) is 4.30. The van der Waals surface area contributed by atoms with Gasteiger partial charge in [0.15, 0.2) is 17.6 Å². The van der Waals surface area contributed by atoms with E-state index in [2.05, 4.69) is 0 Å². The van der Waals surface area contributed by atoms with Crippen LogP contribution in [-0.4, -0.2) is 25.3 Å². The van der Waals surface area contributed by atoms with E-state index in [1.54, 1.807) is 12.1 Å². The van der Waals surface area contributed by atoms with E-state index >= 15 is 0 Å². The predicted molar refractivity (Wildman–Crippen MR) is 72.3 cm³/mol. The van der Waals surface area contributed by atoms with E-state index < -0.39 is 12.1 Å². The molecule has 1 aromatic rings. The zero-order valence-electron chi connectivity index (χ0n) is 11.2. The van der Waals surface area contributed by atoms with Crippen molar-refractivity contribution < 1.29 is 19.0 Å². The Kier molecular flexibility index (Phi) is 4.61. The van der Waals surface area contributed by atoms with Crippen molar-refractivity contribution in [3.8, 4) is 17.6 Å². The van der Waals surface area contributed by atoms with Crippen molar-refractivity contribution >= 4 is 12.0 Å². The third-order valence-corrected chi connectivity index (χ3v) is 2.66. The number of hydrogen-bond donors (Lipinski definition) is 0. The molecule has 0 fully saturated rings. The molecule has 0 aliphatic carbocycles. The van der Waals surface area contributed by atoms with Crippen LogP contribution in [0.2, 0.25) is 0 Å². The summed E-state index contributed by atoms with van der Waals surface area (Å²) in [7, 11) is 0. The minimum Gasteiger partial charge on any atom is -0.490 e. The van der Waals surface area contributed by atoms with Crippen LogP contribution >= 0.6 is 0 Å². The Morgan fingerprint density at radius 1 is 1.40 bits per heavy atom. The van der Waals surface area contributed by atoms with Crippen LogP contribution in [0.1, 0.15) is 18.9 Å². The third kappa shape index (κ3) is 3.75. The van der Waals surface area contributed by atoms with Gasteiger partial charge in [0.2, 0.25) is 0 Å². The topological polar surface area (TPSA) is 68.5 Å². The molecule has 104 valence electrons. The molecule has 0 N–H and O–H groups in total. The maximum absolute atomic E-state index is 11.4. The Hall–Kier alpha value is -2.48. The highest BCUT2D eigenvalue weighted by atomic mass is 16.5. The molecular formula is C15H15NO4. The quantitative estimate of drug-likeness (QED) is 0.624. The number of fused-ring (bicyclic) bond motifs is 1. The van der Waals surface area contributed by atoms with Crippen LogP contribution in [0.25, 0.3) is 6.08 Å². The average Bonchev–Trinajstić information content (AvgIpc) is 2.69. The lowest BCUT2D eigenvalue weighted by molar-refractivity contribution is -0.139. The van der Waals surface area contributed by atoms with Crippen molar-refractivity contribution in [3.63, 3.8) is 0 Å². The van der Waals surface area contributed by atoms with Gasteiger partial charge in [-0.05, 0) is 30.7 Å². The summed E-state index contributed by atoms with van der Waals surface area (Å²) in [6.45, 7) is 2.77. The van der Waals surface area contributed by atoms with E-state index in [0.29, 0.717) is 24.7 Å². The van der Waals surface area contributed by atoms with Crippen LogP contribution in [0, 0.1) is 11.3 Å². The third-order valence-electron chi connectivity index (χ3n) is 2.66. The molecule has 1 heterocycles. The molecule has 0 saturated heterocycles. The molecule has 0 saturated carbocycles. The average molecular weight is 273 g/mol. The molecule has 5 heteroatoms. The van der Waals surface area contributed by atoms with Gasteiger partial charge in [0, 0.05) is 12.5 Å². The monoisotopic (exact) mass is 273 g/mol. The van der Waals surface area contributed by atoms with Crippen molar-refractivity contribution in [3.05, 3.63) is 29.8 Å². The molecule has 1 aliphatic rings. The highest BCUT2D eigenvalue weighted by Gasteiger charge is 2.10. The maximum atomic E-state index is 11.4. The lowest BCUT2D eigenvalue weighted by Crippen LogP contribution is -2.10. The van der Waals surface area contributed by atoms with Gasteiger partial charge in [0.1, 0.15) is 6.07 Å². The Labute approximate surface area is 117 Å². The summed E-state index contributed by atoms with van der Waals surface area (Å²) in [5, 5.41) is 8.55. The minimum absolute atomic E-state index is 0.550. The molecule has 1 aliphatic heterocycles. The zero-order chi connectivity index (χ0) is 14.4. The van der Waals surface area contributed by atoms with Gasteiger partial charge in [-0.2, -0.15) is 5.26 Å². The number of nitriles is 1. The normalized spacial score (nSPS) is 15.2. The van der Waals surface area contributed by atoms with E-state index in [1.807, 2.05) is 18.2 Å². The van der Waals surface area contributed by atoms with E-state index in [9.17, 15) is 4.79 Å². The van der Waals surface area contributed by atoms with Crippen molar-refractivity contribution in [1.82, 2.24) is 0 Å². The van der Waals surface area contributed by atoms with Crippen LogP contribution in [0.4, 0.5) is 0 Å². The van der Waals surface area contributed by atoms with Gasteiger partial charge in [-0.25, -0.2) is 4.79 Å². The van der Waals surface area contributed by atoms with Crippen LogP contribution in [0.3, 0.4) is 0 Å². The molecule has 0 spiro atoms. The summed E-state index contributed by atoms with van der Waals surface area (Å²) in [5.74, 6) is 0.829. The van der Waals surface area contributed by atoms with Gasteiger partial charge >= 0.3 is 5.97 Å². The Morgan fingerprint density at radius 2 is 2.15 bits per heavy atom. The molecule has 0 aromatic heterocycles. The van der Waals surface area contributed by atoms with Crippen molar-refractivity contribution in [2.45, 2.75) is 19.4 Å². The molecular weight excluding hydrogens is 258 g/mol. The molecule has 0 radical (unpaired) electrons. The van der Waals surface area contributed by atoms with Crippen molar-refractivity contribution in [1.29, 1.82) is 5.26 Å². The summed E-state index contributed by atoms with van der Waals surface area (Å²) in [4.78, 5) is 11.4. The van der Waals surface area contributed by atoms with Crippen molar-refractivity contribution in [2.24, 2.45) is 0 Å². The molecule has 20 heavy (non-hydrogen) atoms. The lowest BCUT2D eigenvalue weighted by Gasteiger charge is -2.07. The number of esters is 1. The zero-order valence-corrected chi connectivity index (χ0v) is 11.2. The summed E-state index contributed by atoms with van der Waals surface area (Å²) >= 11 is 0. The molecule has 0 unspecified atom stereocenters. The summed E-state index contributed by atoms with van der Waals surface area (Å²) < 4.78 is 15.9. The largest absolute Gasteiger partial charge is 0.490 e. The van der Waals surface area contributed by atoms with Gasteiger partial charge in [0.05, 0.1) is 13.2 Å². The second-order valence-corrected chi connectivity index (χ2v) is 4.30. The lowest BCUT2D eigenvalue weighted by atomic mass is 10.2. The molecule has 1 atom stereocenters. The Balaban J connectivity index is 2.05. The first-order valence-corrected chi connectivity index (χ1v) is 6.37. The van der Waals surface area contributed by atoms with Gasteiger partial charge in [-0.1, -0.05) is 6.07 Å². The van der Waals surface area contributed by atoms with Crippen LogP contribution in [0.5, 0.6) is 11.5 Å². The van der Waals surface area contributed by atoms with Gasteiger partial charge in [-0.3, -0.25) is 0 Å². The first-order valence-electron chi connectivity index (χ1n) is 6.37. The van der Waals surface area contributed by atoms with Gasteiger partial charge in [0.25, 0.3) is 0 Å². The SMILES string of the molecule is C[C@H](C#N)OC(=O)/C=C/c1ccc2c(c1)OCCCO2. The number of carbonyl (C=O) groups excluding carboxylic acids is 1. The molecule has 0 amide bonds. The molecule has 2 rings (SSSR count). The smallest absolute Gasteiger partial charge is 0.332 e. The molecule has 1 aromatic carbocycles. The first kappa shape index (κ1) is 13.9. The van der Waals surface area contributed by atoms with Crippen LogP contribution in [-0.2, 0) is 9.53 Å². The fourth-order valence-electron chi connectivity index (χ4n) is 1.69. The predicted octanol–water partition coefficient (Wildman–Crippen LogP) is 2.32. The summed E-state index contributed by atoms with van der Waals surface area (Å²) in [6.07, 6.45) is 2.99. The van der Waals surface area contributed by atoms with Gasteiger partial charge in [-0.15, -0.1) is 0 Å². The number of rotatable bonds is 3. The van der Waals surface area contributed by atoms with Crippen molar-refractivity contribution in [2.75, 3.05) is 13.2 Å². The van der Waals surface area contributed by atoms with Crippen LogP contribution < -0.4 is 9.47 Å². The summed E-state index contributed by atoms with van der Waals surface area (Å²) in [6, 6.07) is 7.27. The maximum Gasteiger partial charge on any atom is 0.332 e. The Bertz CT molecular complexity index is 559. The van der Waals surface area contributed by atoms with E-state index in [4.69, 9.17) is 19.5 Å². The highest BCUT2D eigenvalue weighted by molar-refractivity contribution is 5.87. The number of nitrogens with zero attached hydrogens (tertiary/aromatic N) is 1. The number of carbonyl (C=O) groups is 1. The number of benzene rings is 1. The minimum atomic E-state index is -0.754. The summed E-state index contributed by atoms with van der Waals surface area (Å²) in [5.41, 5.74) is 0.802. The highest BCUT2D eigenvalue weighted by Crippen LogP contribution is 2.30. The fraction of sp³-hybridized carbons (Fsp3) is 0.333. The van der Waals surface area contributed by atoms with Gasteiger partial charge < -0.3 is 14.2 Å². The van der Waals surface area contributed by atoms with E-state index in [0.717, 1.165) is 12.0 Å². The number of ether oxygens (including phenoxy) is 3. The molecule has 0 bridgehead atoms. The number of hydrogen-bond acceptors (Lipinski definition) is 5. The van der Waals surface area contributed by atoms with E-state index in [1.165, 1.54) is 13.0 Å². The second kappa shape index (κ2) is 6.62. The first-order chi connectivity index (χ1) is 9.69. The standard InChI is InChI=1S/C15H15NO4/c1-11(10-16)20-15(17)6-4-12-3-5-13-14(9-12)19-8-2-7-18-13/h3-6,9,11H,2,7-8H2,1H3/b6-4+/t11-/m1/s1.